The van der Waals surface area contributed by atoms with Crippen molar-refractivity contribution < 1.29 is 14.6 Å². The van der Waals surface area contributed by atoms with Gasteiger partial charge in [-0.15, -0.1) is 0 Å². The molecule has 1 N–H and O–H groups in total. The van der Waals surface area contributed by atoms with E-state index in [1.54, 1.807) is 11.8 Å². The number of rotatable bonds is 1. The van der Waals surface area contributed by atoms with Crippen molar-refractivity contribution in [2.24, 2.45) is 0 Å². The zero-order chi connectivity index (χ0) is 9.90. The van der Waals surface area contributed by atoms with E-state index in [9.17, 15) is 9.90 Å². The summed E-state index contributed by atoms with van der Waals surface area (Å²) in [5.74, 6) is 0. The Bertz CT molecular complexity index is 186. The highest BCUT2D eigenvalue weighted by Gasteiger charge is 2.29. The number of likely N-dealkylation sites (tertiary alicyclic amines) is 1. The monoisotopic (exact) mass is 207 g/mol. The first-order chi connectivity index (χ1) is 6.05. The minimum absolute atomic E-state index is 0.119. The Morgan fingerprint density at radius 2 is 2.15 bits per heavy atom. The molecule has 1 aliphatic heterocycles. The molecule has 1 fully saturated rings. The molecule has 5 heteroatoms. The van der Waals surface area contributed by atoms with Crippen LogP contribution in [0.15, 0.2) is 0 Å². The topological polar surface area (TPSA) is 49.8 Å². The van der Waals surface area contributed by atoms with Crippen molar-refractivity contribution >= 4 is 17.7 Å². The lowest BCUT2D eigenvalue weighted by atomic mass is 9.94. The predicted molar refractivity (Wildman–Crippen MR) is 48.6 cm³/mol. The lowest BCUT2D eigenvalue weighted by Crippen LogP contribution is -2.45. The minimum atomic E-state index is -0.641. The van der Waals surface area contributed by atoms with Crippen molar-refractivity contribution in [3.63, 3.8) is 0 Å². The van der Waals surface area contributed by atoms with Gasteiger partial charge < -0.3 is 14.7 Å². The van der Waals surface area contributed by atoms with Crippen LogP contribution in [0.25, 0.3) is 0 Å². The van der Waals surface area contributed by atoms with Crippen molar-refractivity contribution in [1.29, 1.82) is 0 Å². The van der Waals surface area contributed by atoms with Crippen molar-refractivity contribution in [3.05, 3.63) is 0 Å². The lowest BCUT2D eigenvalue weighted by molar-refractivity contribution is -0.00407. The molecule has 1 amide bonds. The fourth-order valence-electron chi connectivity index (χ4n) is 1.31. The molecule has 1 aliphatic rings. The van der Waals surface area contributed by atoms with E-state index in [1.807, 2.05) is 0 Å². The Morgan fingerprint density at radius 1 is 1.62 bits per heavy atom. The lowest BCUT2D eigenvalue weighted by Gasteiger charge is -2.34. The first-order valence-corrected chi connectivity index (χ1v) is 4.79. The van der Waals surface area contributed by atoms with Gasteiger partial charge >= 0.3 is 6.09 Å². The van der Waals surface area contributed by atoms with Crippen LogP contribution >= 0.6 is 11.6 Å². The smallest absolute Gasteiger partial charge is 0.410 e. The third-order valence-electron chi connectivity index (χ3n) is 2.28. The molecule has 0 aromatic carbocycles. The third kappa shape index (κ3) is 3.04. The van der Waals surface area contributed by atoms with E-state index >= 15 is 0 Å². The average Bonchev–Trinajstić information content (AvgIpc) is 2.04. The molecular weight excluding hydrogens is 194 g/mol. The Balaban J connectivity index is 2.36. The first-order valence-electron chi connectivity index (χ1n) is 4.25. The van der Waals surface area contributed by atoms with Gasteiger partial charge in [0, 0.05) is 13.1 Å². The second-order valence-electron chi connectivity index (χ2n) is 3.50. The standard InChI is InChI=1S/C8H14ClNO3/c1-8(12)2-4-10(5-3-8)7(11)13-6-9/h12H,2-6H2,1H3. The quantitative estimate of drug-likeness (QED) is 0.657. The molecule has 4 nitrogen and oxygen atoms in total. The first kappa shape index (κ1) is 10.6. The summed E-state index contributed by atoms with van der Waals surface area (Å²) in [4.78, 5) is 12.7. The summed E-state index contributed by atoms with van der Waals surface area (Å²) in [5, 5.41) is 9.60. The Labute approximate surface area is 82.4 Å². The normalized spacial score (nSPS) is 21.3. The summed E-state index contributed by atoms with van der Waals surface area (Å²) in [7, 11) is 0. The zero-order valence-electron chi connectivity index (χ0n) is 7.62. The van der Waals surface area contributed by atoms with E-state index in [2.05, 4.69) is 4.74 Å². The Morgan fingerprint density at radius 3 is 2.62 bits per heavy atom. The molecule has 1 rings (SSSR count). The van der Waals surface area contributed by atoms with Crippen LogP contribution in [-0.2, 0) is 4.74 Å². The summed E-state index contributed by atoms with van der Waals surface area (Å²) >= 11 is 5.25. The number of amides is 1. The molecule has 1 saturated heterocycles. The van der Waals surface area contributed by atoms with Crippen LogP contribution < -0.4 is 0 Å². The Kier molecular flexibility index (Phi) is 3.39. The van der Waals surface area contributed by atoms with E-state index in [-0.39, 0.29) is 6.07 Å². The van der Waals surface area contributed by atoms with Crippen molar-refractivity contribution in [1.82, 2.24) is 4.90 Å². The molecule has 0 atom stereocenters. The molecule has 0 saturated carbocycles. The predicted octanol–water partition coefficient (Wildman–Crippen LogP) is 1.17. The average molecular weight is 208 g/mol. The summed E-state index contributed by atoms with van der Waals surface area (Å²) in [6, 6.07) is -0.119. The number of ether oxygens (including phenoxy) is 1. The molecule has 13 heavy (non-hydrogen) atoms. The molecule has 0 bridgehead atoms. The molecule has 0 spiro atoms. The number of piperidine rings is 1. The molecule has 76 valence electrons. The van der Waals surface area contributed by atoms with Crippen LogP contribution in [0.5, 0.6) is 0 Å². The number of hydrogen-bond donors (Lipinski definition) is 1. The van der Waals surface area contributed by atoms with Crippen LogP contribution in [0, 0.1) is 0 Å². The van der Waals surface area contributed by atoms with Crippen LogP contribution in [0.2, 0.25) is 0 Å². The van der Waals surface area contributed by atoms with Crippen molar-refractivity contribution in [2.75, 3.05) is 19.2 Å². The number of carbonyl (C=O) groups is 1. The van der Waals surface area contributed by atoms with Gasteiger partial charge in [0.15, 0.2) is 6.07 Å². The number of halogens is 1. The molecule has 0 aliphatic carbocycles. The maximum Gasteiger partial charge on any atom is 0.410 e. The fraction of sp³-hybridized carbons (Fsp3) is 0.875. The van der Waals surface area contributed by atoms with Crippen LogP contribution in [-0.4, -0.2) is 40.9 Å². The minimum Gasteiger partial charge on any atom is -0.433 e. The molecule has 0 unspecified atom stereocenters. The molecular formula is C8H14ClNO3. The van der Waals surface area contributed by atoms with Crippen LogP contribution in [0.3, 0.4) is 0 Å². The molecule has 0 aromatic rings. The third-order valence-corrected chi connectivity index (χ3v) is 2.39. The van der Waals surface area contributed by atoms with Gasteiger partial charge in [0.1, 0.15) is 0 Å². The number of nitrogens with zero attached hydrogens (tertiary/aromatic N) is 1. The van der Waals surface area contributed by atoms with E-state index in [0.717, 1.165) is 0 Å². The number of alkyl halides is 1. The summed E-state index contributed by atoms with van der Waals surface area (Å²) in [6.45, 7) is 2.84. The number of aliphatic hydroxyl groups is 1. The SMILES string of the molecule is CC1(O)CCN(C(=O)OCCl)CC1. The van der Waals surface area contributed by atoms with Crippen molar-refractivity contribution in [3.8, 4) is 0 Å². The molecule has 1 heterocycles. The van der Waals surface area contributed by atoms with Gasteiger partial charge in [-0.2, -0.15) is 0 Å². The van der Waals surface area contributed by atoms with Gasteiger partial charge in [-0.25, -0.2) is 4.79 Å². The summed E-state index contributed by atoms with van der Waals surface area (Å²) in [6.07, 6.45) is 0.778. The van der Waals surface area contributed by atoms with Gasteiger partial charge in [0.05, 0.1) is 5.60 Å². The van der Waals surface area contributed by atoms with E-state index in [4.69, 9.17) is 11.6 Å². The van der Waals surface area contributed by atoms with Gasteiger partial charge in [-0.3, -0.25) is 0 Å². The van der Waals surface area contributed by atoms with E-state index in [0.29, 0.717) is 25.9 Å². The Hall–Kier alpha value is -0.480. The van der Waals surface area contributed by atoms with Crippen LogP contribution in [0.4, 0.5) is 4.79 Å². The van der Waals surface area contributed by atoms with E-state index in [1.165, 1.54) is 0 Å². The highest BCUT2D eigenvalue weighted by molar-refractivity contribution is 6.17. The van der Waals surface area contributed by atoms with Gasteiger partial charge in [-0.05, 0) is 19.8 Å². The summed E-state index contributed by atoms with van der Waals surface area (Å²) in [5.41, 5.74) is -0.641. The molecule has 0 radical (unpaired) electrons. The maximum atomic E-state index is 11.1. The van der Waals surface area contributed by atoms with Gasteiger partial charge in [0.25, 0.3) is 0 Å². The second-order valence-corrected chi connectivity index (χ2v) is 3.72. The van der Waals surface area contributed by atoms with Crippen LogP contribution in [0.1, 0.15) is 19.8 Å². The number of carbonyl (C=O) groups excluding carboxylic acids is 1. The fourth-order valence-corrected chi connectivity index (χ4v) is 1.40. The second kappa shape index (κ2) is 4.15. The highest BCUT2D eigenvalue weighted by Crippen LogP contribution is 2.21. The maximum absolute atomic E-state index is 11.1. The highest BCUT2D eigenvalue weighted by atomic mass is 35.5. The number of hydrogen-bond acceptors (Lipinski definition) is 3. The van der Waals surface area contributed by atoms with Gasteiger partial charge in [0.2, 0.25) is 0 Å². The summed E-state index contributed by atoms with van der Waals surface area (Å²) < 4.78 is 4.62. The largest absolute Gasteiger partial charge is 0.433 e. The van der Waals surface area contributed by atoms with E-state index < -0.39 is 11.7 Å². The van der Waals surface area contributed by atoms with Gasteiger partial charge in [-0.1, -0.05) is 11.6 Å². The molecule has 0 aromatic heterocycles. The zero-order valence-corrected chi connectivity index (χ0v) is 8.38. The van der Waals surface area contributed by atoms with Crippen molar-refractivity contribution in [2.45, 2.75) is 25.4 Å².